The topological polar surface area (TPSA) is 82.8 Å². The molecule has 4 aliphatic heterocycles. The number of nitrogens with zero attached hydrogens (tertiary/aromatic N) is 2. The molecule has 1 aromatic carbocycles. The van der Waals surface area contributed by atoms with E-state index in [1.54, 1.807) is 23.1 Å². The van der Waals surface area contributed by atoms with E-state index in [1.165, 1.54) is 0 Å². The van der Waals surface area contributed by atoms with Crippen molar-refractivity contribution in [1.82, 2.24) is 0 Å². The molecule has 1 aromatic rings. The summed E-state index contributed by atoms with van der Waals surface area (Å²) in [7, 11) is 0. The van der Waals surface area contributed by atoms with Gasteiger partial charge in [0.15, 0.2) is 0 Å². The summed E-state index contributed by atoms with van der Waals surface area (Å²) in [4.78, 5) is 14.9. The van der Waals surface area contributed by atoms with E-state index in [1.807, 2.05) is 13.0 Å². The van der Waals surface area contributed by atoms with E-state index in [0.29, 0.717) is 35.7 Å². The Bertz CT molecular complexity index is 839. The van der Waals surface area contributed by atoms with Crippen LogP contribution in [0.15, 0.2) is 18.2 Å². The normalized spacial score (nSPS) is 44.1. The number of benzene rings is 1. The van der Waals surface area contributed by atoms with Crippen molar-refractivity contribution in [3.05, 3.63) is 28.8 Å². The number of carbonyl (C=O) groups is 1. The van der Waals surface area contributed by atoms with Crippen molar-refractivity contribution < 1.29 is 19.4 Å². The van der Waals surface area contributed by atoms with Gasteiger partial charge in [0.25, 0.3) is 0 Å². The molecule has 4 heterocycles. The second kappa shape index (κ2) is 4.74. The number of aliphatic hydroxyl groups excluding tert-OH is 1. The maximum absolute atomic E-state index is 13.3. The van der Waals surface area contributed by atoms with Crippen LogP contribution in [-0.4, -0.2) is 41.2 Å². The number of ether oxygens (including phenoxy) is 2. The zero-order valence-corrected chi connectivity index (χ0v) is 14.4. The summed E-state index contributed by atoms with van der Waals surface area (Å²) in [6, 6.07) is 6.98. The molecule has 0 saturated carbocycles. The molecule has 4 fully saturated rings. The number of nitriles is 1. The Balaban J connectivity index is 1.62. The molecular formula is C18H17ClN2O4. The summed E-state index contributed by atoms with van der Waals surface area (Å²) in [5, 5.41) is 20.0. The second-order valence-electron chi connectivity index (χ2n) is 7.59. The van der Waals surface area contributed by atoms with Crippen molar-refractivity contribution in [2.24, 2.45) is 11.8 Å². The number of fused-ring (bicyclic) bond motifs is 2. The van der Waals surface area contributed by atoms with E-state index in [0.717, 1.165) is 0 Å². The Kier molecular flexibility index (Phi) is 2.96. The Labute approximate surface area is 149 Å². The molecule has 7 heteroatoms. The van der Waals surface area contributed by atoms with Gasteiger partial charge in [-0.25, -0.2) is 0 Å². The van der Waals surface area contributed by atoms with Crippen LogP contribution in [-0.2, 0) is 14.3 Å². The first-order valence-corrected chi connectivity index (χ1v) is 8.82. The largest absolute Gasteiger partial charge is 0.390 e. The molecule has 0 radical (unpaired) electrons. The Morgan fingerprint density at radius 3 is 3.00 bits per heavy atom. The molecule has 6 atom stereocenters. The van der Waals surface area contributed by atoms with Gasteiger partial charge in [0, 0.05) is 18.5 Å². The predicted molar refractivity (Wildman–Crippen MR) is 87.8 cm³/mol. The van der Waals surface area contributed by atoms with Crippen LogP contribution in [0, 0.1) is 23.2 Å². The molecule has 1 amide bonds. The quantitative estimate of drug-likeness (QED) is 0.826. The molecule has 1 spiro atoms. The molecule has 0 aromatic heterocycles. The molecule has 0 aliphatic carbocycles. The van der Waals surface area contributed by atoms with E-state index >= 15 is 0 Å². The lowest BCUT2D eigenvalue weighted by atomic mass is 9.65. The molecular weight excluding hydrogens is 344 g/mol. The van der Waals surface area contributed by atoms with Crippen LogP contribution in [0.1, 0.15) is 25.3 Å². The Morgan fingerprint density at radius 1 is 1.48 bits per heavy atom. The van der Waals surface area contributed by atoms with Gasteiger partial charge in [-0.3, -0.25) is 9.69 Å². The van der Waals surface area contributed by atoms with E-state index in [2.05, 4.69) is 0 Å². The fraction of sp³-hybridized carbons (Fsp3) is 0.556. The Morgan fingerprint density at radius 2 is 2.28 bits per heavy atom. The van der Waals surface area contributed by atoms with Crippen molar-refractivity contribution in [2.75, 3.05) is 11.5 Å². The third kappa shape index (κ3) is 1.72. The summed E-state index contributed by atoms with van der Waals surface area (Å²) in [5.41, 5.74) is -0.395. The van der Waals surface area contributed by atoms with E-state index < -0.39 is 23.5 Å². The standard InChI is InChI=1S/C18H17ClN2O4/c1-17-7-12(22)18(25-17)4-5-24-16-14(18)13(17)15(23)21(16)10-3-2-9(8-20)11(19)6-10/h2-3,6,12-14,16,22H,4-5,7H2,1H3/t12-,13-,14+,16+,17-,18+/m1/s1. The molecule has 0 unspecified atom stereocenters. The Hall–Kier alpha value is -1.65. The monoisotopic (exact) mass is 360 g/mol. The lowest BCUT2D eigenvalue weighted by Gasteiger charge is -2.43. The lowest BCUT2D eigenvalue weighted by Crippen LogP contribution is -2.56. The van der Waals surface area contributed by atoms with Gasteiger partial charge in [-0.1, -0.05) is 11.6 Å². The van der Waals surface area contributed by atoms with Gasteiger partial charge in [0.05, 0.1) is 40.7 Å². The summed E-state index contributed by atoms with van der Waals surface area (Å²) in [5.74, 6) is -0.596. The maximum Gasteiger partial charge on any atom is 0.235 e. The van der Waals surface area contributed by atoms with Gasteiger partial charge < -0.3 is 14.6 Å². The summed E-state index contributed by atoms with van der Waals surface area (Å²) in [6.45, 7) is 2.34. The van der Waals surface area contributed by atoms with Crippen molar-refractivity contribution in [3.8, 4) is 6.07 Å². The van der Waals surface area contributed by atoms with E-state index in [4.69, 9.17) is 26.3 Å². The first-order chi connectivity index (χ1) is 11.9. The smallest absolute Gasteiger partial charge is 0.235 e. The van der Waals surface area contributed by atoms with Gasteiger partial charge in [0.2, 0.25) is 5.91 Å². The average Bonchev–Trinajstić information content (AvgIpc) is 3.11. The average molecular weight is 361 g/mol. The lowest BCUT2D eigenvalue weighted by molar-refractivity contribution is -0.163. The first kappa shape index (κ1) is 15.6. The number of amides is 1. The summed E-state index contributed by atoms with van der Waals surface area (Å²) < 4.78 is 12.2. The van der Waals surface area contributed by atoms with Crippen LogP contribution >= 0.6 is 11.6 Å². The highest BCUT2D eigenvalue weighted by Gasteiger charge is 2.78. The number of rotatable bonds is 1. The molecule has 4 aliphatic rings. The van der Waals surface area contributed by atoms with Gasteiger partial charge in [0.1, 0.15) is 17.9 Å². The number of hydrogen-bond acceptors (Lipinski definition) is 5. The van der Waals surface area contributed by atoms with Gasteiger partial charge >= 0.3 is 0 Å². The van der Waals surface area contributed by atoms with Crippen molar-refractivity contribution in [2.45, 2.75) is 43.3 Å². The van der Waals surface area contributed by atoms with Crippen LogP contribution in [0.5, 0.6) is 0 Å². The van der Waals surface area contributed by atoms with Gasteiger partial charge in [-0.2, -0.15) is 5.26 Å². The predicted octanol–water partition coefficient (Wildman–Crippen LogP) is 1.83. The third-order valence-electron chi connectivity index (χ3n) is 6.36. The highest BCUT2D eigenvalue weighted by Crippen LogP contribution is 2.65. The van der Waals surface area contributed by atoms with E-state index in [9.17, 15) is 9.90 Å². The summed E-state index contributed by atoms with van der Waals surface area (Å²) in [6.07, 6.45) is 0.000110. The molecule has 5 rings (SSSR count). The first-order valence-electron chi connectivity index (χ1n) is 8.44. The van der Waals surface area contributed by atoms with Crippen LogP contribution in [0.4, 0.5) is 5.69 Å². The van der Waals surface area contributed by atoms with Crippen LogP contribution in [0.25, 0.3) is 0 Å². The molecule has 25 heavy (non-hydrogen) atoms. The summed E-state index contributed by atoms with van der Waals surface area (Å²) >= 11 is 6.16. The number of anilines is 1. The van der Waals surface area contributed by atoms with Crippen molar-refractivity contribution in [1.29, 1.82) is 5.26 Å². The molecule has 130 valence electrons. The molecule has 4 saturated heterocycles. The fourth-order valence-electron chi connectivity index (χ4n) is 5.42. The molecule has 6 nitrogen and oxygen atoms in total. The minimum atomic E-state index is -0.705. The maximum atomic E-state index is 13.3. The molecule has 2 bridgehead atoms. The molecule has 1 N–H and O–H groups in total. The highest BCUT2D eigenvalue weighted by molar-refractivity contribution is 6.32. The van der Waals surface area contributed by atoms with Crippen molar-refractivity contribution >= 4 is 23.2 Å². The third-order valence-corrected chi connectivity index (χ3v) is 6.68. The zero-order valence-electron chi connectivity index (χ0n) is 13.6. The highest BCUT2D eigenvalue weighted by atomic mass is 35.5. The second-order valence-corrected chi connectivity index (χ2v) is 8.00. The minimum absolute atomic E-state index is 0.0612. The van der Waals surface area contributed by atoms with Crippen LogP contribution in [0.2, 0.25) is 5.02 Å². The van der Waals surface area contributed by atoms with Crippen molar-refractivity contribution in [3.63, 3.8) is 0 Å². The van der Waals surface area contributed by atoms with Gasteiger partial charge in [-0.05, 0) is 25.1 Å². The van der Waals surface area contributed by atoms with Crippen LogP contribution in [0.3, 0.4) is 0 Å². The number of carbonyl (C=O) groups excluding carboxylic acids is 1. The number of halogens is 1. The number of hydrogen-bond donors (Lipinski definition) is 1. The number of aliphatic hydroxyl groups is 1. The van der Waals surface area contributed by atoms with Gasteiger partial charge in [-0.15, -0.1) is 0 Å². The minimum Gasteiger partial charge on any atom is -0.390 e. The zero-order chi connectivity index (χ0) is 17.6. The van der Waals surface area contributed by atoms with E-state index in [-0.39, 0.29) is 17.7 Å². The fourth-order valence-corrected chi connectivity index (χ4v) is 5.64. The van der Waals surface area contributed by atoms with Crippen LogP contribution < -0.4 is 4.90 Å². The SMILES string of the molecule is C[C@@]12C[C@@H](O)[C@]3(CCO[C@H]4[C@@H]3[C@@H]1C(=O)N4c1ccc(C#N)c(Cl)c1)O2.